The van der Waals surface area contributed by atoms with E-state index in [0.717, 1.165) is 44.7 Å². The Kier molecular flexibility index (Phi) is 13.6. The zero-order valence-corrected chi connectivity index (χ0v) is 20.1. The molecule has 0 saturated carbocycles. The first-order chi connectivity index (χ1) is 15.7. The Balaban J connectivity index is 0.000000262. The molecule has 8 heteroatoms. The van der Waals surface area contributed by atoms with Crippen LogP contribution in [-0.2, 0) is 4.79 Å². The molecule has 0 aromatic heterocycles. The molecule has 3 rings (SSSR count). The summed E-state index contributed by atoms with van der Waals surface area (Å²) >= 11 is 0. The second-order valence-corrected chi connectivity index (χ2v) is 8.25. The predicted molar refractivity (Wildman–Crippen MR) is 136 cm³/mol. The summed E-state index contributed by atoms with van der Waals surface area (Å²) < 4.78 is 12.0. The fourth-order valence-corrected chi connectivity index (χ4v) is 3.10. The lowest BCUT2D eigenvalue weighted by Crippen LogP contribution is -2.31. The average Bonchev–Trinajstić information content (AvgIpc) is 3.02. The Morgan fingerprint density at radius 2 is 1.58 bits per heavy atom. The van der Waals surface area contributed by atoms with E-state index in [0.29, 0.717) is 18.0 Å². The molecule has 6 N–H and O–H groups in total. The second-order valence-electron chi connectivity index (χ2n) is 8.25. The largest absolute Gasteiger partial charge is 0.399 e. The number of hydrogen-bond donors (Lipinski definition) is 4. The van der Waals surface area contributed by atoms with Gasteiger partial charge in [0.25, 0.3) is 0 Å². The minimum absolute atomic E-state index is 0.121. The molecule has 7 nitrogen and oxygen atoms in total. The Bertz CT molecular complexity index is 763. The normalized spacial score (nSPS) is 15.3. The highest BCUT2D eigenvalue weighted by atomic mass is 19.1. The number of carbonyl (C=O) groups excluding carboxylic acids is 1. The van der Waals surface area contributed by atoms with Crippen LogP contribution in [0.2, 0.25) is 0 Å². The number of hydrogen-bond acceptors (Lipinski definition) is 6. The molecule has 1 saturated heterocycles. The maximum atomic E-state index is 12.0. The van der Waals surface area contributed by atoms with E-state index in [4.69, 9.17) is 16.6 Å². The molecule has 0 bridgehead atoms. The Labute approximate surface area is 197 Å². The van der Waals surface area contributed by atoms with Crippen molar-refractivity contribution >= 4 is 23.0 Å². The molecular formula is C25H40FN5O2. The third-order valence-electron chi connectivity index (χ3n) is 5.24. The lowest BCUT2D eigenvalue weighted by molar-refractivity contribution is -0.120. The van der Waals surface area contributed by atoms with Crippen LogP contribution >= 0.6 is 0 Å². The van der Waals surface area contributed by atoms with E-state index in [1.54, 1.807) is 0 Å². The van der Waals surface area contributed by atoms with Crippen LogP contribution < -0.4 is 21.7 Å². The molecular weight excluding hydrogens is 421 g/mol. The predicted octanol–water partition coefficient (Wildman–Crippen LogP) is 2.96. The number of rotatable bonds is 6. The summed E-state index contributed by atoms with van der Waals surface area (Å²) in [6.45, 7) is 6.26. The van der Waals surface area contributed by atoms with Crippen molar-refractivity contribution < 1.29 is 14.3 Å². The van der Waals surface area contributed by atoms with Gasteiger partial charge in [-0.05, 0) is 88.3 Å². The first-order valence-corrected chi connectivity index (χ1v) is 11.4. The van der Waals surface area contributed by atoms with E-state index >= 15 is 0 Å². The number of nitrogens with zero attached hydrogens (tertiary/aromatic N) is 2. The van der Waals surface area contributed by atoms with Crippen LogP contribution in [0.25, 0.3) is 0 Å². The standard InChI is InChI=1S/C12H21N3.C7H13NO2.C6H6FN/c1-4-15(10-9-14(2)3)12-7-5-11(13)6-8-12;9-5-6-1-2-7(10)8-4-3-6;7-5-1-3-6(8)4-2-5/h5-8H,4,9-10,13H2,1-3H3;6,9H,1-5H2,(H,8,10);1-4H,8H2. The molecule has 2 aromatic rings. The van der Waals surface area contributed by atoms with Crippen molar-refractivity contribution in [2.45, 2.75) is 26.2 Å². The Morgan fingerprint density at radius 1 is 1.00 bits per heavy atom. The fourth-order valence-electron chi connectivity index (χ4n) is 3.10. The van der Waals surface area contributed by atoms with Crippen LogP contribution in [0.3, 0.4) is 0 Å². The van der Waals surface area contributed by atoms with Crippen molar-refractivity contribution in [3.63, 3.8) is 0 Å². The number of benzene rings is 2. The van der Waals surface area contributed by atoms with Gasteiger partial charge < -0.3 is 31.7 Å². The summed E-state index contributed by atoms with van der Waals surface area (Å²) in [6.07, 6.45) is 2.33. The third-order valence-corrected chi connectivity index (χ3v) is 5.24. The van der Waals surface area contributed by atoms with Crippen LogP contribution in [0.1, 0.15) is 26.2 Å². The summed E-state index contributed by atoms with van der Waals surface area (Å²) in [6, 6.07) is 13.8. The smallest absolute Gasteiger partial charge is 0.220 e. The van der Waals surface area contributed by atoms with Gasteiger partial charge in [-0.25, -0.2) is 4.39 Å². The highest BCUT2D eigenvalue weighted by Crippen LogP contribution is 2.15. The maximum Gasteiger partial charge on any atom is 0.220 e. The maximum absolute atomic E-state index is 12.0. The molecule has 33 heavy (non-hydrogen) atoms. The molecule has 1 amide bonds. The van der Waals surface area contributed by atoms with Gasteiger partial charge >= 0.3 is 0 Å². The summed E-state index contributed by atoms with van der Waals surface area (Å²) in [4.78, 5) is 15.3. The Hall–Kier alpha value is -2.84. The zero-order chi connectivity index (χ0) is 24.6. The van der Waals surface area contributed by atoms with Crippen molar-refractivity contribution in [2.24, 2.45) is 5.92 Å². The SMILES string of the molecule is CCN(CCN(C)C)c1ccc(N)cc1.Nc1ccc(F)cc1.O=C1CCC(CO)CCN1. The van der Waals surface area contributed by atoms with Gasteiger partial charge in [-0.2, -0.15) is 0 Å². The summed E-state index contributed by atoms with van der Waals surface area (Å²) in [5.74, 6) is 0.203. The van der Waals surface area contributed by atoms with E-state index in [9.17, 15) is 9.18 Å². The van der Waals surface area contributed by atoms with Crippen LogP contribution in [0.15, 0.2) is 48.5 Å². The monoisotopic (exact) mass is 461 g/mol. The first kappa shape index (κ1) is 28.2. The molecule has 1 heterocycles. The van der Waals surface area contributed by atoms with Gasteiger partial charge in [-0.1, -0.05) is 0 Å². The number of likely N-dealkylation sites (N-methyl/N-ethyl adjacent to an activating group) is 2. The third kappa shape index (κ3) is 12.7. The van der Waals surface area contributed by atoms with Gasteiger partial charge in [-0.15, -0.1) is 0 Å². The summed E-state index contributed by atoms with van der Waals surface area (Å²) in [5.41, 5.74) is 13.6. The van der Waals surface area contributed by atoms with Crippen LogP contribution in [-0.4, -0.2) is 62.8 Å². The van der Waals surface area contributed by atoms with Crippen molar-refractivity contribution in [1.29, 1.82) is 0 Å². The number of amides is 1. The lowest BCUT2D eigenvalue weighted by Gasteiger charge is -2.24. The molecule has 1 atom stereocenters. The lowest BCUT2D eigenvalue weighted by atomic mass is 10.0. The van der Waals surface area contributed by atoms with Crippen LogP contribution in [0, 0.1) is 11.7 Å². The average molecular weight is 462 g/mol. The van der Waals surface area contributed by atoms with Crippen molar-refractivity contribution in [1.82, 2.24) is 10.2 Å². The molecule has 1 aliphatic heterocycles. The number of nitrogens with two attached hydrogens (primary N) is 2. The summed E-state index contributed by atoms with van der Waals surface area (Å²) in [7, 11) is 4.19. The highest BCUT2D eigenvalue weighted by Gasteiger charge is 2.14. The molecule has 2 aromatic carbocycles. The van der Waals surface area contributed by atoms with Gasteiger partial charge in [0.1, 0.15) is 5.82 Å². The molecule has 0 aliphatic carbocycles. The van der Waals surface area contributed by atoms with E-state index in [2.05, 4.69) is 48.3 Å². The molecule has 0 spiro atoms. The number of nitrogen functional groups attached to an aromatic ring is 2. The minimum Gasteiger partial charge on any atom is -0.399 e. The number of carbonyl (C=O) groups is 1. The molecule has 1 aliphatic rings. The van der Waals surface area contributed by atoms with Gasteiger partial charge in [0.15, 0.2) is 0 Å². The van der Waals surface area contributed by atoms with Gasteiger partial charge in [0, 0.05) is 56.3 Å². The number of aliphatic hydroxyl groups is 1. The Morgan fingerprint density at radius 3 is 2.06 bits per heavy atom. The van der Waals surface area contributed by atoms with E-state index in [1.165, 1.54) is 30.0 Å². The fraction of sp³-hybridized carbons (Fsp3) is 0.480. The molecule has 0 radical (unpaired) electrons. The van der Waals surface area contributed by atoms with Crippen molar-refractivity contribution in [2.75, 3.05) is 63.2 Å². The van der Waals surface area contributed by atoms with Crippen LogP contribution in [0.4, 0.5) is 21.5 Å². The van der Waals surface area contributed by atoms with Gasteiger partial charge in [-0.3, -0.25) is 4.79 Å². The van der Waals surface area contributed by atoms with E-state index < -0.39 is 0 Å². The van der Waals surface area contributed by atoms with E-state index in [1.807, 2.05) is 12.1 Å². The molecule has 184 valence electrons. The number of halogens is 1. The minimum atomic E-state index is -0.251. The number of aliphatic hydroxyl groups excluding tert-OH is 1. The molecule has 1 fully saturated rings. The molecule has 1 unspecified atom stereocenters. The van der Waals surface area contributed by atoms with Gasteiger partial charge in [0.05, 0.1) is 0 Å². The van der Waals surface area contributed by atoms with Crippen LogP contribution in [0.5, 0.6) is 0 Å². The van der Waals surface area contributed by atoms with Crippen molar-refractivity contribution in [3.05, 3.63) is 54.3 Å². The van der Waals surface area contributed by atoms with Gasteiger partial charge in [0.2, 0.25) is 5.91 Å². The number of nitrogens with one attached hydrogen (secondary N) is 1. The van der Waals surface area contributed by atoms with E-state index in [-0.39, 0.29) is 18.3 Å². The zero-order valence-electron chi connectivity index (χ0n) is 20.1. The summed E-state index contributed by atoms with van der Waals surface area (Å²) in [5, 5.41) is 11.5. The number of anilines is 3. The first-order valence-electron chi connectivity index (χ1n) is 11.4. The van der Waals surface area contributed by atoms with Crippen molar-refractivity contribution in [3.8, 4) is 0 Å². The topological polar surface area (TPSA) is 108 Å². The quantitative estimate of drug-likeness (QED) is 0.493. The highest BCUT2D eigenvalue weighted by molar-refractivity contribution is 5.76. The second kappa shape index (κ2) is 15.9.